The van der Waals surface area contributed by atoms with E-state index in [0.29, 0.717) is 11.3 Å². The molecule has 0 heterocycles. The lowest BCUT2D eigenvalue weighted by Gasteiger charge is -2.16. The monoisotopic (exact) mass is 341 g/mol. The molecular formula is C19H19NO5. The predicted molar refractivity (Wildman–Crippen MR) is 92.6 cm³/mol. The molecule has 1 aliphatic carbocycles. The lowest BCUT2D eigenvalue weighted by molar-refractivity contribution is -0.385. The highest BCUT2D eigenvalue weighted by Crippen LogP contribution is 2.31. The van der Waals surface area contributed by atoms with Crippen LogP contribution in [0.3, 0.4) is 0 Å². The Morgan fingerprint density at radius 3 is 2.60 bits per heavy atom. The normalized spacial score (nSPS) is 13.0. The minimum absolute atomic E-state index is 0.0529. The zero-order valence-corrected chi connectivity index (χ0v) is 14.0. The Morgan fingerprint density at radius 2 is 1.88 bits per heavy atom. The van der Waals surface area contributed by atoms with Crippen LogP contribution >= 0.6 is 0 Å². The van der Waals surface area contributed by atoms with Gasteiger partial charge in [-0.25, -0.2) is 0 Å². The summed E-state index contributed by atoms with van der Waals surface area (Å²) in [5.41, 5.74) is 2.87. The summed E-state index contributed by atoms with van der Waals surface area (Å²) < 4.78 is 10.4. The summed E-state index contributed by atoms with van der Waals surface area (Å²) >= 11 is 0. The summed E-state index contributed by atoms with van der Waals surface area (Å²) in [5.74, 6) is 0.218. The van der Waals surface area contributed by atoms with E-state index in [-0.39, 0.29) is 23.8 Å². The van der Waals surface area contributed by atoms with Gasteiger partial charge in [-0.2, -0.15) is 0 Å². The molecule has 0 N–H and O–H groups in total. The van der Waals surface area contributed by atoms with Crippen molar-refractivity contribution in [3.8, 4) is 11.5 Å². The number of ether oxygens (including phenoxy) is 2. The largest absolute Gasteiger partial charge is 0.496 e. The van der Waals surface area contributed by atoms with Gasteiger partial charge in [-0.05, 0) is 55.0 Å². The molecule has 2 aromatic rings. The van der Waals surface area contributed by atoms with Gasteiger partial charge in [0, 0.05) is 5.56 Å². The summed E-state index contributed by atoms with van der Waals surface area (Å²) in [6.45, 7) is -0.244. The van der Waals surface area contributed by atoms with Gasteiger partial charge in [0.1, 0.15) is 5.75 Å². The molecule has 0 unspecified atom stereocenters. The molecule has 25 heavy (non-hydrogen) atoms. The maximum absolute atomic E-state index is 12.4. The Balaban J connectivity index is 1.73. The van der Waals surface area contributed by atoms with Crippen LogP contribution in [0, 0.1) is 10.1 Å². The number of fused-ring (bicyclic) bond motifs is 1. The second-order valence-corrected chi connectivity index (χ2v) is 5.99. The minimum atomic E-state index is -0.554. The fourth-order valence-corrected chi connectivity index (χ4v) is 3.02. The number of aryl methyl sites for hydroxylation is 2. The third kappa shape index (κ3) is 3.79. The third-order valence-corrected chi connectivity index (χ3v) is 4.39. The number of ketones is 1. The second-order valence-electron chi connectivity index (χ2n) is 5.99. The van der Waals surface area contributed by atoms with Crippen molar-refractivity contribution in [1.29, 1.82) is 0 Å². The Labute approximate surface area is 145 Å². The second kappa shape index (κ2) is 7.34. The molecule has 130 valence electrons. The quantitative estimate of drug-likeness (QED) is 0.454. The van der Waals surface area contributed by atoms with Gasteiger partial charge in [-0.3, -0.25) is 14.9 Å². The van der Waals surface area contributed by atoms with Crippen LogP contribution in [0.2, 0.25) is 0 Å². The van der Waals surface area contributed by atoms with E-state index in [0.717, 1.165) is 19.3 Å². The minimum Gasteiger partial charge on any atom is -0.496 e. The van der Waals surface area contributed by atoms with Gasteiger partial charge in [-0.15, -0.1) is 0 Å². The zero-order valence-electron chi connectivity index (χ0n) is 14.0. The molecular weight excluding hydrogens is 322 g/mol. The van der Waals surface area contributed by atoms with Crippen LogP contribution in [0.15, 0.2) is 36.4 Å². The van der Waals surface area contributed by atoms with Crippen LogP contribution in [0.5, 0.6) is 11.5 Å². The maximum Gasteiger partial charge on any atom is 0.314 e. The molecule has 3 rings (SSSR count). The summed E-state index contributed by atoms with van der Waals surface area (Å²) in [6.07, 6.45) is 4.36. The van der Waals surface area contributed by atoms with Gasteiger partial charge in [-0.1, -0.05) is 12.1 Å². The van der Waals surface area contributed by atoms with Gasteiger partial charge in [0.2, 0.25) is 0 Å². The van der Waals surface area contributed by atoms with E-state index in [1.165, 1.54) is 36.8 Å². The molecule has 0 saturated carbocycles. The van der Waals surface area contributed by atoms with Crippen molar-refractivity contribution in [2.45, 2.75) is 25.7 Å². The van der Waals surface area contributed by atoms with Crippen LogP contribution < -0.4 is 9.47 Å². The molecule has 0 atom stereocenters. The van der Waals surface area contributed by atoms with Crippen molar-refractivity contribution in [3.05, 3.63) is 63.2 Å². The molecule has 0 radical (unpaired) electrons. The molecule has 2 aromatic carbocycles. The average Bonchev–Trinajstić information content (AvgIpc) is 2.65. The number of methoxy groups -OCH3 is 1. The van der Waals surface area contributed by atoms with Crippen LogP contribution in [0.25, 0.3) is 0 Å². The number of nitro benzene ring substituents is 1. The lowest BCUT2D eigenvalue weighted by Crippen LogP contribution is -2.14. The SMILES string of the molecule is COc1ccc(OCC(=O)c2ccc3c(c2)CCCC3)c([N+](=O)[O-])c1. The molecule has 0 bridgehead atoms. The Morgan fingerprint density at radius 1 is 1.12 bits per heavy atom. The van der Waals surface area contributed by atoms with Crippen molar-refractivity contribution < 1.29 is 19.2 Å². The Hall–Kier alpha value is -2.89. The fourth-order valence-electron chi connectivity index (χ4n) is 3.02. The maximum atomic E-state index is 12.4. The van der Waals surface area contributed by atoms with Crippen molar-refractivity contribution in [1.82, 2.24) is 0 Å². The third-order valence-electron chi connectivity index (χ3n) is 4.39. The van der Waals surface area contributed by atoms with Crippen LogP contribution in [0.4, 0.5) is 5.69 Å². The highest BCUT2D eigenvalue weighted by molar-refractivity contribution is 5.97. The molecule has 0 aliphatic heterocycles. The van der Waals surface area contributed by atoms with E-state index in [9.17, 15) is 14.9 Å². The lowest BCUT2D eigenvalue weighted by atomic mass is 9.90. The number of Topliss-reactive ketones (excluding diaryl/α,β-unsaturated/α-hetero) is 1. The molecule has 6 nitrogen and oxygen atoms in total. The van der Waals surface area contributed by atoms with E-state index in [4.69, 9.17) is 9.47 Å². The van der Waals surface area contributed by atoms with E-state index in [1.807, 2.05) is 12.1 Å². The number of hydrogen-bond donors (Lipinski definition) is 0. The van der Waals surface area contributed by atoms with Gasteiger partial charge >= 0.3 is 5.69 Å². The summed E-state index contributed by atoms with van der Waals surface area (Å²) in [7, 11) is 1.43. The summed E-state index contributed by atoms with van der Waals surface area (Å²) in [4.78, 5) is 23.0. The molecule has 1 aliphatic rings. The van der Waals surface area contributed by atoms with Gasteiger partial charge in [0.15, 0.2) is 18.1 Å². The number of nitrogens with zero attached hydrogens (tertiary/aromatic N) is 1. The number of hydrogen-bond acceptors (Lipinski definition) is 5. The van der Waals surface area contributed by atoms with Crippen molar-refractivity contribution >= 4 is 11.5 Å². The number of rotatable bonds is 6. The van der Waals surface area contributed by atoms with E-state index < -0.39 is 4.92 Å². The first kappa shape index (κ1) is 17.0. The number of carbonyl (C=O) groups excluding carboxylic acids is 1. The zero-order chi connectivity index (χ0) is 17.8. The summed E-state index contributed by atoms with van der Waals surface area (Å²) in [5, 5.41) is 11.2. The number of carbonyl (C=O) groups is 1. The molecule has 0 spiro atoms. The predicted octanol–water partition coefficient (Wildman–Crippen LogP) is 3.74. The standard InChI is InChI=1S/C19H19NO5/c1-24-16-8-9-19(17(11-16)20(22)23)25-12-18(21)15-7-6-13-4-2-3-5-14(13)10-15/h6-11H,2-5,12H2,1H3. The van der Waals surface area contributed by atoms with E-state index in [1.54, 1.807) is 12.1 Å². The first-order valence-electron chi connectivity index (χ1n) is 8.18. The van der Waals surface area contributed by atoms with E-state index in [2.05, 4.69) is 0 Å². The Kier molecular flexibility index (Phi) is 4.97. The van der Waals surface area contributed by atoms with Crippen molar-refractivity contribution in [2.24, 2.45) is 0 Å². The number of benzene rings is 2. The molecule has 0 amide bonds. The molecule has 0 saturated heterocycles. The van der Waals surface area contributed by atoms with Crippen molar-refractivity contribution in [3.63, 3.8) is 0 Å². The van der Waals surface area contributed by atoms with E-state index >= 15 is 0 Å². The molecule has 0 aromatic heterocycles. The topological polar surface area (TPSA) is 78.7 Å². The highest BCUT2D eigenvalue weighted by Gasteiger charge is 2.19. The van der Waals surface area contributed by atoms with Gasteiger partial charge in [0.05, 0.1) is 18.1 Å². The Bertz CT molecular complexity index is 815. The molecule has 0 fully saturated rings. The van der Waals surface area contributed by atoms with Crippen molar-refractivity contribution in [2.75, 3.05) is 13.7 Å². The smallest absolute Gasteiger partial charge is 0.314 e. The highest BCUT2D eigenvalue weighted by atomic mass is 16.6. The van der Waals surface area contributed by atoms with Crippen LogP contribution in [0.1, 0.15) is 34.3 Å². The average molecular weight is 341 g/mol. The van der Waals surface area contributed by atoms with Crippen LogP contribution in [-0.2, 0) is 12.8 Å². The number of nitro groups is 1. The fraction of sp³-hybridized carbons (Fsp3) is 0.316. The molecule has 6 heteroatoms. The van der Waals surface area contributed by atoms with Crippen LogP contribution in [-0.4, -0.2) is 24.4 Å². The first-order valence-corrected chi connectivity index (χ1v) is 8.18. The van der Waals surface area contributed by atoms with Gasteiger partial charge in [0.25, 0.3) is 0 Å². The van der Waals surface area contributed by atoms with Gasteiger partial charge < -0.3 is 9.47 Å². The summed E-state index contributed by atoms with van der Waals surface area (Å²) in [6, 6.07) is 10.00. The first-order chi connectivity index (χ1) is 12.1.